The molecule has 0 spiro atoms. The zero-order chi connectivity index (χ0) is 11.9. The molecule has 1 saturated heterocycles. The third-order valence-electron chi connectivity index (χ3n) is 3.95. The second-order valence-electron chi connectivity index (χ2n) is 4.91. The van der Waals surface area contributed by atoms with Crippen molar-refractivity contribution in [2.24, 2.45) is 0 Å². The summed E-state index contributed by atoms with van der Waals surface area (Å²) in [6, 6.07) is 9.04. The number of thioether (sulfide) groups is 1. The van der Waals surface area contributed by atoms with Crippen molar-refractivity contribution < 1.29 is 4.84 Å². The van der Waals surface area contributed by atoms with E-state index in [1.165, 1.54) is 34.3 Å². The molecule has 2 aliphatic rings. The minimum absolute atomic E-state index is 0.413. The Hall–Kier alpha value is -0.970. The molecule has 94 valence electrons. The van der Waals surface area contributed by atoms with Crippen LogP contribution in [0.25, 0.3) is 10.9 Å². The molecule has 0 saturated carbocycles. The molecule has 3 nitrogen and oxygen atoms in total. The molecule has 0 amide bonds. The van der Waals surface area contributed by atoms with Gasteiger partial charge in [-0.15, -0.1) is 11.8 Å². The van der Waals surface area contributed by atoms with Crippen LogP contribution in [0.2, 0.25) is 0 Å². The summed E-state index contributed by atoms with van der Waals surface area (Å²) in [7, 11) is 0. The first-order valence-corrected chi connectivity index (χ1v) is 7.66. The lowest BCUT2D eigenvalue weighted by molar-refractivity contribution is -0.173. The van der Waals surface area contributed by atoms with Crippen LogP contribution in [0.3, 0.4) is 0 Å². The lowest BCUT2D eigenvalue weighted by atomic mass is 9.97. The molecule has 1 aromatic heterocycles. The number of fused-ring (bicyclic) bond motifs is 5. The summed E-state index contributed by atoms with van der Waals surface area (Å²) in [6.45, 7) is 1.01. The predicted molar refractivity (Wildman–Crippen MR) is 74.5 cm³/mol. The van der Waals surface area contributed by atoms with Crippen molar-refractivity contribution in [1.29, 1.82) is 0 Å². The molecule has 1 unspecified atom stereocenters. The molecule has 4 heteroatoms. The first-order chi connectivity index (χ1) is 8.93. The SMILES string of the molecule is c1ccc2c3c([nH]c2c1)C1CCSCON1CC3. The number of para-hydroxylation sites is 1. The molecular weight excluding hydrogens is 244 g/mol. The molecule has 3 heterocycles. The number of hydrogen-bond acceptors (Lipinski definition) is 3. The highest BCUT2D eigenvalue weighted by Crippen LogP contribution is 2.38. The van der Waals surface area contributed by atoms with Gasteiger partial charge in [0.05, 0.1) is 6.04 Å². The number of H-pyrrole nitrogens is 1. The van der Waals surface area contributed by atoms with Gasteiger partial charge in [0.2, 0.25) is 0 Å². The van der Waals surface area contributed by atoms with E-state index in [4.69, 9.17) is 4.84 Å². The average Bonchev–Trinajstić information content (AvgIpc) is 2.62. The fourth-order valence-corrected chi connectivity index (χ4v) is 3.82. The molecule has 2 aliphatic heterocycles. The van der Waals surface area contributed by atoms with Crippen LogP contribution in [0.5, 0.6) is 0 Å². The van der Waals surface area contributed by atoms with E-state index >= 15 is 0 Å². The lowest BCUT2D eigenvalue weighted by Gasteiger charge is -2.32. The molecule has 18 heavy (non-hydrogen) atoms. The van der Waals surface area contributed by atoms with Gasteiger partial charge in [0, 0.05) is 23.1 Å². The lowest BCUT2D eigenvalue weighted by Crippen LogP contribution is -2.34. The molecule has 0 bridgehead atoms. The van der Waals surface area contributed by atoms with Gasteiger partial charge in [0.25, 0.3) is 0 Å². The molecule has 0 radical (unpaired) electrons. The number of nitrogens with zero attached hydrogens (tertiary/aromatic N) is 1. The maximum absolute atomic E-state index is 5.84. The predicted octanol–water partition coefficient (Wildman–Crippen LogP) is 3.09. The van der Waals surface area contributed by atoms with Crippen LogP contribution in [-0.2, 0) is 11.3 Å². The summed E-state index contributed by atoms with van der Waals surface area (Å²) < 4.78 is 0. The van der Waals surface area contributed by atoms with E-state index < -0.39 is 0 Å². The van der Waals surface area contributed by atoms with Crippen molar-refractivity contribution in [2.75, 3.05) is 18.2 Å². The van der Waals surface area contributed by atoms with Gasteiger partial charge in [-0.3, -0.25) is 4.84 Å². The summed E-state index contributed by atoms with van der Waals surface area (Å²) >= 11 is 1.89. The average molecular weight is 260 g/mol. The number of benzene rings is 1. The second-order valence-corrected chi connectivity index (χ2v) is 5.97. The quantitative estimate of drug-likeness (QED) is 0.789. The van der Waals surface area contributed by atoms with Gasteiger partial charge in [-0.05, 0) is 30.2 Å². The van der Waals surface area contributed by atoms with Crippen LogP contribution >= 0.6 is 11.8 Å². The van der Waals surface area contributed by atoms with E-state index in [0.717, 1.165) is 18.9 Å². The van der Waals surface area contributed by atoms with Gasteiger partial charge < -0.3 is 4.98 Å². The van der Waals surface area contributed by atoms with Crippen LogP contribution < -0.4 is 0 Å². The Morgan fingerprint density at radius 1 is 1.33 bits per heavy atom. The van der Waals surface area contributed by atoms with Crippen LogP contribution in [0.1, 0.15) is 23.7 Å². The number of hydrogen-bond donors (Lipinski definition) is 1. The summed E-state index contributed by atoms with van der Waals surface area (Å²) in [5.41, 5.74) is 4.15. The van der Waals surface area contributed by atoms with Crippen molar-refractivity contribution >= 4 is 22.7 Å². The van der Waals surface area contributed by atoms with E-state index in [1.807, 2.05) is 11.8 Å². The first-order valence-electron chi connectivity index (χ1n) is 6.50. The Morgan fingerprint density at radius 3 is 3.28 bits per heavy atom. The van der Waals surface area contributed by atoms with E-state index in [-0.39, 0.29) is 0 Å². The van der Waals surface area contributed by atoms with Crippen molar-refractivity contribution in [3.05, 3.63) is 35.5 Å². The van der Waals surface area contributed by atoms with Gasteiger partial charge in [0.15, 0.2) is 0 Å². The van der Waals surface area contributed by atoms with E-state index in [0.29, 0.717) is 6.04 Å². The molecular formula is C14H16N2OS. The highest BCUT2D eigenvalue weighted by Gasteiger charge is 2.32. The van der Waals surface area contributed by atoms with Gasteiger partial charge in [0.1, 0.15) is 5.94 Å². The molecule has 2 aromatic rings. The van der Waals surface area contributed by atoms with Crippen LogP contribution in [0.4, 0.5) is 0 Å². The number of aromatic amines is 1. The second kappa shape index (κ2) is 4.30. The van der Waals surface area contributed by atoms with E-state index in [9.17, 15) is 0 Å². The minimum Gasteiger partial charge on any atom is -0.357 e. The Balaban J connectivity index is 1.85. The topological polar surface area (TPSA) is 28.3 Å². The fourth-order valence-electron chi connectivity index (χ4n) is 3.10. The molecule has 0 aliphatic carbocycles. The van der Waals surface area contributed by atoms with Gasteiger partial charge in [-0.1, -0.05) is 18.2 Å². The first kappa shape index (κ1) is 10.9. The number of nitrogens with one attached hydrogen (secondary N) is 1. The van der Waals surface area contributed by atoms with Crippen molar-refractivity contribution in [2.45, 2.75) is 18.9 Å². The molecule has 1 atom stereocenters. The molecule has 1 aromatic carbocycles. The normalized spacial score (nSPS) is 24.6. The van der Waals surface area contributed by atoms with Gasteiger partial charge in [-0.2, -0.15) is 5.06 Å². The zero-order valence-corrected chi connectivity index (χ0v) is 11.0. The van der Waals surface area contributed by atoms with E-state index in [1.54, 1.807) is 0 Å². The fraction of sp³-hybridized carbons (Fsp3) is 0.429. The van der Waals surface area contributed by atoms with E-state index in [2.05, 4.69) is 34.3 Å². The Labute approximate surface area is 110 Å². The standard InChI is InChI=1S/C14H16N2OS/c1-2-4-12-10(3-1)11-5-7-16-13(14(11)15-12)6-8-18-9-17-16/h1-4,13,15H,5-9H2. The third kappa shape index (κ3) is 1.60. The summed E-state index contributed by atoms with van der Waals surface area (Å²) in [4.78, 5) is 9.45. The highest BCUT2D eigenvalue weighted by atomic mass is 32.2. The number of rotatable bonds is 0. The monoisotopic (exact) mass is 260 g/mol. The van der Waals surface area contributed by atoms with Crippen LogP contribution in [-0.4, -0.2) is 28.3 Å². The largest absolute Gasteiger partial charge is 0.357 e. The van der Waals surface area contributed by atoms with Crippen molar-refractivity contribution in [3.8, 4) is 0 Å². The summed E-state index contributed by atoms with van der Waals surface area (Å²) in [5, 5.41) is 3.57. The molecule has 4 rings (SSSR count). The highest BCUT2D eigenvalue weighted by molar-refractivity contribution is 7.99. The van der Waals surface area contributed by atoms with Gasteiger partial charge >= 0.3 is 0 Å². The smallest absolute Gasteiger partial charge is 0.114 e. The molecule has 1 N–H and O–H groups in total. The molecule has 1 fully saturated rings. The third-order valence-corrected chi connectivity index (χ3v) is 4.74. The van der Waals surface area contributed by atoms with Crippen molar-refractivity contribution in [3.63, 3.8) is 0 Å². The number of hydroxylamine groups is 2. The Bertz CT molecular complexity index is 580. The number of aromatic nitrogens is 1. The van der Waals surface area contributed by atoms with Crippen molar-refractivity contribution in [1.82, 2.24) is 10.0 Å². The minimum atomic E-state index is 0.413. The van der Waals surface area contributed by atoms with Gasteiger partial charge in [-0.25, -0.2) is 0 Å². The Kier molecular flexibility index (Phi) is 2.60. The maximum Gasteiger partial charge on any atom is 0.114 e. The maximum atomic E-state index is 5.84. The summed E-state index contributed by atoms with van der Waals surface area (Å²) in [5.74, 6) is 1.97. The zero-order valence-electron chi connectivity index (χ0n) is 10.2. The van der Waals surface area contributed by atoms with Crippen LogP contribution in [0.15, 0.2) is 24.3 Å². The summed E-state index contributed by atoms with van der Waals surface area (Å²) in [6.07, 6.45) is 2.25. The Morgan fingerprint density at radius 2 is 2.28 bits per heavy atom. The van der Waals surface area contributed by atoms with Crippen LogP contribution in [0, 0.1) is 0 Å².